The van der Waals surface area contributed by atoms with Gasteiger partial charge < -0.3 is 14.8 Å². The minimum Gasteiger partial charge on any atom is -0.495 e. The van der Waals surface area contributed by atoms with Crippen molar-refractivity contribution in [3.05, 3.63) is 53.1 Å². The zero-order valence-electron chi connectivity index (χ0n) is 16.8. The number of amides is 1. The third-order valence-electron chi connectivity index (χ3n) is 4.13. The van der Waals surface area contributed by atoms with Crippen LogP contribution in [0.2, 0.25) is 5.02 Å². The molecule has 0 aromatic heterocycles. The SMILES string of the molecule is COC[C@H](C)NC(=O)CN(c1cc(Cl)ccc1OC)S(=O)(=O)c1ccc(C)cc1. The quantitative estimate of drug-likeness (QED) is 0.647. The Morgan fingerprint density at radius 1 is 1.17 bits per heavy atom. The van der Waals surface area contributed by atoms with E-state index in [1.807, 2.05) is 6.92 Å². The first kappa shape index (κ1) is 23.0. The van der Waals surface area contributed by atoms with Gasteiger partial charge in [0.05, 0.1) is 24.3 Å². The highest BCUT2D eigenvalue weighted by molar-refractivity contribution is 7.92. The van der Waals surface area contributed by atoms with Gasteiger partial charge in [-0.2, -0.15) is 0 Å². The van der Waals surface area contributed by atoms with Gasteiger partial charge in [0.2, 0.25) is 5.91 Å². The number of hydrogen-bond donors (Lipinski definition) is 1. The molecule has 0 saturated carbocycles. The van der Waals surface area contributed by atoms with Gasteiger partial charge in [0.15, 0.2) is 0 Å². The molecule has 2 aromatic rings. The van der Waals surface area contributed by atoms with E-state index in [-0.39, 0.29) is 22.4 Å². The van der Waals surface area contributed by atoms with Crippen LogP contribution in [0.5, 0.6) is 5.75 Å². The Hall–Kier alpha value is -2.29. The van der Waals surface area contributed by atoms with Crippen molar-refractivity contribution in [2.24, 2.45) is 0 Å². The van der Waals surface area contributed by atoms with E-state index in [9.17, 15) is 13.2 Å². The Kier molecular flexibility index (Phi) is 7.89. The maximum Gasteiger partial charge on any atom is 0.264 e. The van der Waals surface area contributed by atoms with Gasteiger partial charge in [0, 0.05) is 18.2 Å². The fourth-order valence-electron chi connectivity index (χ4n) is 2.74. The van der Waals surface area contributed by atoms with E-state index in [4.69, 9.17) is 21.1 Å². The van der Waals surface area contributed by atoms with Crippen molar-refractivity contribution < 1.29 is 22.7 Å². The predicted octanol–water partition coefficient (Wildman–Crippen LogP) is 3.00. The largest absolute Gasteiger partial charge is 0.495 e. The maximum absolute atomic E-state index is 13.4. The molecular weight excluding hydrogens is 416 g/mol. The van der Waals surface area contributed by atoms with Crippen LogP contribution >= 0.6 is 11.6 Å². The van der Waals surface area contributed by atoms with Gasteiger partial charge in [0.25, 0.3) is 10.0 Å². The lowest BCUT2D eigenvalue weighted by atomic mass is 10.2. The highest BCUT2D eigenvalue weighted by Gasteiger charge is 2.30. The first-order valence-corrected chi connectivity index (χ1v) is 10.7. The van der Waals surface area contributed by atoms with E-state index in [0.717, 1.165) is 9.87 Å². The Labute approximate surface area is 176 Å². The molecule has 0 bridgehead atoms. The zero-order chi connectivity index (χ0) is 21.6. The first-order valence-electron chi connectivity index (χ1n) is 8.90. The smallest absolute Gasteiger partial charge is 0.264 e. The molecule has 0 unspecified atom stereocenters. The number of benzene rings is 2. The molecule has 9 heteroatoms. The van der Waals surface area contributed by atoms with Crippen LogP contribution < -0.4 is 14.4 Å². The zero-order valence-corrected chi connectivity index (χ0v) is 18.4. The van der Waals surface area contributed by atoms with Gasteiger partial charge in [-0.05, 0) is 44.2 Å². The highest BCUT2D eigenvalue weighted by atomic mass is 35.5. The Morgan fingerprint density at radius 3 is 2.41 bits per heavy atom. The lowest BCUT2D eigenvalue weighted by Gasteiger charge is -2.26. The number of sulfonamides is 1. The molecule has 158 valence electrons. The van der Waals surface area contributed by atoms with Crippen LogP contribution in [0.3, 0.4) is 0 Å². The summed E-state index contributed by atoms with van der Waals surface area (Å²) in [6.45, 7) is 3.48. The molecule has 0 spiro atoms. The van der Waals surface area contributed by atoms with Crippen molar-refractivity contribution in [2.75, 3.05) is 31.7 Å². The summed E-state index contributed by atoms with van der Waals surface area (Å²) in [5.41, 5.74) is 1.09. The number of ether oxygens (including phenoxy) is 2. The molecule has 0 aliphatic heterocycles. The Morgan fingerprint density at radius 2 is 1.83 bits per heavy atom. The second-order valence-electron chi connectivity index (χ2n) is 6.56. The number of methoxy groups -OCH3 is 2. The number of aryl methyl sites for hydroxylation is 1. The van der Waals surface area contributed by atoms with Crippen molar-refractivity contribution in [2.45, 2.75) is 24.8 Å². The molecule has 0 heterocycles. The second-order valence-corrected chi connectivity index (χ2v) is 8.86. The Balaban J connectivity index is 2.50. The van der Waals surface area contributed by atoms with Crippen LogP contribution in [0.4, 0.5) is 5.69 Å². The molecule has 0 aliphatic rings. The third kappa shape index (κ3) is 5.85. The second kappa shape index (κ2) is 9.96. The third-order valence-corrected chi connectivity index (χ3v) is 6.14. The molecule has 29 heavy (non-hydrogen) atoms. The highest BCUT2D eigenvalue weighted by Crippen LogP contribution is 2.34. The molecule has 1 amide bonds. The maximum atomic E-state index is 13.4. The van der Waals surface area contributed by atoms with Crippen molar-refractivity contribution in [3.8, 4) is 5.75 Å². The molecule has 2 aromatic carbocycles. The molecule has 1 N–H and O–H groups in total. The fraction of sp³-hybridized carbons (Fsp3) is 0.350. The van der Waals surface area contributed by atoms with Crippen LogP contribution in [0.15, 0.2) is 47.4 Å². The van der Waals surface area contributed by atoms with Crippen LogP contribution in [0.25, 0.3) is 0 Å². The van der Waals surface area contributed by atoms with Crippen molar-refractivity contribution in [1.29, 1.82) is 0 Å². The number of carbonyl (C=O) groups is 1. The molecule has 0 fully saturated rings. The molecule has 0 aliphatic carbocycles. The average molecular weight is 441 g/mol. The lowest BCUT2D eigenvalue weighted by Crippen LogP contribution is -2.44. The van der Waals surface area contributed by atoms with E-state index in [1.54, 1.807) is 31.2 Å². The van der Waals surface area contributed by atoms with Crippen LogP contribution in [-0.4, -0.2) is 47.7 Å². The lowest BCUT2D eigenvalue weighted by molar-refractivity contribution is -0.120. The van der Waals surface area contributed by atoms with Gasteiger partial charge in [-0.25, -0.2) is 8.42 Å². The number of nitrogens with one attached hydrogen (secondary N) is 1. The van der Waals surface area contributed by atoms with Crippen molar-refractivity contribution in [3.63, 3.8) is 0 Å². The van der Waals surface area contributed by atoms with Gasteiger partial charge in [0.1, 0.15) is 12.3 Å². The minimum atomic E-state index is -4.06. The van der Waals surface area contributed by atoms with E-state index in [1.165, 1.54) is 32.4 Å². The van der Waals surface area contributed by atoms with E-state index < -0.39 is 22.5 Å². The summed E-state index contributed by atoms with van der Waals surface area (Å²) in [6, 6.07) is 10.7. The summed E-state index contributed by atoms with van der Waals surface area (Å²) in [5, 5.41) is 3.04. The fourth-order valence-corrected chi connectivity index (χ4v) is 4.33. The normalized spacial score (nSPS) is 12.3. The Bertz CT molecular complexity index is 948. The number of carbonyl (C=O) groups excluding carboxylic acids is 1. The molecule has 2 rings (SSSR count). The van der Waals surface area contributed by atoms with Gasteiger partial charge in [-0.3, -0.25) is 9.10 Å². The number of halogens is 1. The summed E-state index contributed by atoms with van der Waals surface area (Å²) in [6.07, 6.45) is 0. The standard InChI is InChI=1S/C20H25ClN2O5S/c1-14-5-8-17(9-6-14)29(25,26)23(12-20(24)22-15(2)13-27-3)18-11-16(21)7-10-19(18)28-4/h5-11,15H,12-13H2,1-4H3,(H,22,24)/t15-/m0/s1. The van der Waals surface area contributed by atoms with E-state index >= 15 is 0 Å². The molecule has 1 atom stereocenters. The number of hydrogen-bond acceptors (Lipinski definition) is 5. The van der Waals surface area contributed by atoms with Crippen LogP contribution in [0, 0.1) is 6.92 Å². The van der Waals surface area contributed by atoms with Crippen molar-refractivity contribution >= 4 is 33.2 Å². The van der Waals surface area contributed by atoms with Gasteiger partial charge in [-0.15, -0.1) is 0 Å². The summed E-state index contributed by atoms with van der Waals surface area (Å²) >= 11 is 6.10. The van der Waals surface area contributed by atoms with Gasteiger partial charge in [-0.1, -0.05) is 29.3 Å². The topological polar surface area (TPSA) is 84.9 Å². The van der Waals surface area contributed by atoms with Crippen LogP contribution in [0.1, 0.15) is 12.5 Å². The molecular formula is C20H25ClN2O5S. The monoisotopic (exact) mass is 440 g/mol. The van der Waals surface area contributed by atoms with E-state index in [0.29, 0.717) is 11.6 Å². The first-order chi connectivity index (χ1) is 13.7. The van der Waals surface area contributed by atoms with Crippen molar-refractivity contribution in [1.82, 2.24) is 5.32 Å². The summed E-state index contributed by atoms with van der Waals surface area (Å²) in [4.78, 5) is 12.6. The molecule has 7 nitrogen and oxygen atoms in total. The number of rotatable bonds is 9. The van der Waals surface area contributed by atoms with E-state index in [2.05, 4.69) is 5.32 Å². The predicted molar refractivity (Wildman–Crippen MR) is 113 cm³/mol. The number of nitrogens with zero attached hydrogens (tertiary/aromatic N) is 1. The van der Waals surface area contributed by atoms with Gasteiger partial charge >= 0.3 is 0 Å². The summed E-state index contributed by atoms with van der Waals surface area (Å²) in [5.74, 6) is -0.199. The summed E-state index contributed by atoms with van der Waals surface area (Å²) < 4.78 is 38.1. The minimum absolute atomic E-state index is 0.0582. The number of anilines is 1. The summed E-state index contributed by atoms with van der Waals surface area (Å²) in [7, 11) is -1.12. The average Bonchev–Trinajstić information content (AvgIpc) is 2.66. The molecule has 0 saturated heterocycles. The molecule has 0 radical (unpaired) electrons. The van der Waals surface area contributed by atoms with Crippen LogP contribution in [-0.2, 0) is 19.6 Å².